The number of hydrogen-bond acceptors (Lipinski definition) is 7. The number of aromatic nitrogens is 1. The number of Topliss-reactive ketones (excluding diaryl/α,β-unsaturated/α-hetero) is 1. The summed E-state index contributed by atoms with van der Waals surface area (Å²) in [5.74, 6) is -2.01. The van der Waals surface area contributed by atoms with Crippen molar-refractivity contribution >= 4 is 29.2 Å². The van der Waals surface area contributed by atoms with Crippen LogP contribution in [0.5, 0.6) is 0 Å². The number of hydrogen-bond donors (Lipinski definition) is 2. The first-order valence-corrected chi connectivity index (χ1v) is 13.5. The Labute approximate surface area is 227 Å². The van der Waals surface area contributed by atoms with Crippen LogP contribution in [0, 0.1) is 18.3 Å². The molecule has 0 aliphatic carbocycles. The Morgan fingerprint density at radius 1 is 1.24 bits per heavy atom. The smallest absolute Gasteiger partial charge is 0.412 e. The summed E-state index contributed by atoms with van der Waals surface area (Å²) in [4.78, 5) is 30.0. The zero-order valence-corrected chi connectivity index (χ0v) is 23.9. The van der Waals surface area contributed by atoms with Crippen LogP contribution in [0.25, 0.3) is 6.08 Å². The van der Waals surface area contributed by atoms with Crippen molar-refractivity contribution < 1.29 is 37.7 Å². The standard InChI is InChI=1S/C28H40F3NO5S/c1-8-10-11-20(28(29,30)31)12-13-23(17(3)14-21-16-38-19(5)32-21)37-25(35)15-24(34)27(6,7)26(36)18(4)22(33)9-2/h8,10,12,14,16,18,22-24,33-34H,9,11,13,15H2,1-7H3/b10-8+,17-14+,20-12+/t18-,22+,23+,24+/m1/s1. The average Bonchev–Trinajstić information content (AvgIpc) is 3.24. The van der Waals surface area contributed by atoms with Gasteiger partial charge >= 0.3 is 12.1 Å². The summed E-state index contributed by atoms with van der Waals surface area (Å²) in [7, 11) is 0. The lowest BCUT2D eigenvalue weighted by Gasteiger charge is -2.32. The van der Waals surface area contributed by atoms with Crippen LogP contribution in [0.1, 0.15) is 77.9 Å². The molecule has 0 bridgehead atoms. The SMILES string of the molecule is C/C=C/C/C(=C\C[C@H](OC(=O)C[C@H](O)C(C)(C)C(=O)[C@H](C)[C@@H](O)CC)/C(C)=C/c1csc(C)n1)C(F)(F)F. The molecule has 0 aliphatic rings. The van der Waals surface area contributed by atoms with Crippen LogP contribution >= 0.6 is 11.3 Å². The predicted octanol–water partition coefficient (Wildman–Crippen LogP) is 6.36. The van der Waals surface area contributed by atoms with Gasteiger partial charge in [0.1, 0.15) is 11.9 Å². The molecule has 1 heterocycles. The first-order valence-electron chi connectivity index (χ1n) is 12.6. The lowest BCUT2D eigenvalue weighted by Crippen LogP contribution is -2.44. The molecular formula is C28H40F3NO5S. The summed E-state index contributed by atoms with van der Waals surface area (Å²) in [6, 6.07) is 0. The highest BCUT2D eigenvalue weighted by Gasteiger charge is 2.41. The van der Waals surface area contributed by atoms with Crippen molar-refractivity contribution in [1.29, 1.82) is 0 Å². The Balaban J connectivity index is 3.17. The number of aliphatic hydroxyl groups is 2. The third-order valence-electron chi connectivity index (χ3n) is 6.55. The van der Waals surface area contributed by atoms with Crippen LogP contribution in [-0.2, 0) is 14.3 Å². The maximum Gasteiger partial charge on any atom is 0.412 e. The zero-order valence-electron chi connectivity index (χ0n) is 23.1. The van der Waals surface area contributed by atoms with Gasteiger partial charge in [0.15, 0.2) is 0 Å². The van der Waals surface area contributed by atoms with Crippen molar-refractivity contribution in [2.75, 3.05) is 0 Å². The molecule has 0 aromatic carbocycles. The monoisotopic (exact) mass is 559 g/mol. The first-order chi connectivity index (χ1) is 17.5. The van der Waals surface area contributed by atoms with Gasteiger partial charge in [-0.1, -0.05) is 45.9 Å². The van der Waals surface area contributed by atoms with Gasteiger partial charge in [0, 0.05) is 23.3 Å². The molecular weight excluding hydrogens is 519 g/mol. The molecule has 1 rings (SSSR count). The van der Waals surface area contributed by atoms with Crippen molar-refractivity contribution in [3.05, 3.63) is 45.5 Å². The summed E-state index contributed by atoms with van der Waals surface area (Å²) in [6.07, 6.45) is -3.04. The predicted molar refractivity (Wildman–Crippen MR) is 143 cm³/mol. The average molecular weight is 560 g/mol. The fourth-order valence-corrected chi connectivity index (χ4v) is 4.38. The minimum Gasteiger partial charge on any atom is -0.457 e. The van der Waals surface area contributed by atoms with Gasteiger partial charge in [0.25, 0.3) is 0 Å². The van der Waals surface area contributed by atoms with E-state index < -0.39 is 59.6 Å². The Morgan fingerprint density at radius 2 is 1.87 bits per heavy atom. The van der Waals surface area contributed by atoms with E-state index in [4.69, 9.17) is 4.74 Å². The first kappa shape index (κ1) is 33.7. The molecule has 1 aromatic heterocycles. The fraction of sp³-hybridized carbons (Fsp3) is 0.607. The van der Waals surface area contributed by atoms with Gasteiger partial charge < -0.3 is 14.9 Å². The second-order valence-corrected chi connectivity index (χ2v) is 11.0. The van der Waals surface area contributed by atoms with Crippen molar-refractivity contribution in [3.63, 3.8) is 0 Å². The summed E-state index contributed by atoms with van der Waals surface area (Å²) in [5, 5.41) is 23.4. The zero-order chi connectivity index (χ0) is 29.3. The Kier molecular flexibility index (Phi) is 13.1. The summed E-state index contributed by atoms with van der Waals surface area (Å²) in [6.45, 7) is 11.3. The van der Waals surface area contributed by atoms with Crippen LogP contribution in [0.2, 0.25) is 0 Å². The van der Waals surface area contributed by atoms with Crippen LogP contribution in [0.15, 0.2) is 34.8 Å². The van der Waals surface area contributed by atoms with Gasteiger partial charge in [0.05, 0.1) is 34.7 Å². The summed E-state index contributed by atoms with van der Waals surface area (Å²) in [5.41, 5.74) is -1.04. The molecule has 0 aliphatic heterocycles. The highest BCUT2D eigenvalue weighted by atomic mass is 32.1. The largest absolute Gasteiger partial charge is 0.457 e. The van der Waals surface area contributed by atoms with Crippen molar-refractivity contribution in [3.8, 4) is 0 Å². The van der Waals surface area contributed by atoms with Crippen molar-refractivity contribution in [2.45, 2.75) is 98.6 Å². The highest BCUT2D eigenvalue weighted by molar-refractivity contribution is 7.09. The number of carbonyl (C=O) groups excluding carboxylic acids is 2. The van der Waals surface area contributed by atoms with E-state index in [2.05, 4.69) is 4.98 Å². The molecule has 0 amide bonds. The molecule has 0 unspecified atom stereocenters. The summed E-state index contributed by atoms with van der Waals surface area (Å²) >= 11 is 1.41. The number of allylic oxidation sites excluding steroid dienone is 3. The number of ketones is 1. The maximum atomic E-state index is 13.5. The molecule has 4 atom stereocenters. The van der Waals surface area contributed by atoms with Crippen LogP contribution in [-0.4, -0.2) is 51.4 Å². The molecule has 0 radical (unpaired) electrons. The van der Waals surface area contributed by atoms with Gasteiger partial charge in [-0.05, 0) is 45.3 Å². The number of esters is 1. The molecule has 10 heteroatoms. The minimum absolute atomic E-state index is 0.234. The number of aliphatic hydroxyl groups excluding tert-OH is 2. The molecule has 214 valence electrons. The normalized spacial score (nSPS) is 16.8. The number of halogens is 3. The molecule has 0 saturated heterocycles. The number of nitrogens with zero attached hydrogens (tertiary/aromatic N) is 1. The topological polar surface area (TPSA) is 96.7 Å². The molecule has 38 heavy (non-hydrogen) atoms. The van der Waals surface area contributed by atoms with E-state index >= 15 is 0 Å². The van der Waals surface area contributed by atoms with Gasteiger partial charge in [-0.15, -0.1) is 11.3 Å². The lowest BCUT2D eigenvalue weighted by molar-refractivity contribution is -0.153. The molecule has 0 saturated carbocycles. The fourth-order valence-electron chi connectivity index (χ4n) is 3.81. The molecule has 2 N–H and O–H groups in total. The lowest BCUT2D eigenvalue weighted by atomic mass is 9.74. The minimum atomic E-state index is -4.54. The second kappa shape index (κ2) is 14.7. The maximum absolute atomic E-state index is 13.5. The second-order valence-electron chi connectivity index (χ2n) is 9.96. The van der Waals surface area contributed by atoms with E-state index in [1.807, 2.05) is 6.92 Å². The molecule has 0 fully saturated rings. The van der Waals surface area contributed by atoms with Gasteiger partial charge in [0.2, 0.25) is 0 Å². The highest BCUT2D eigenvalue weighted by Crippen LogP contribution is 2.32. The third-order valence-corrected chi connectivity index (χ3v) is 7.34. The Bertz CT molecular complexity index is 1030. The van der Waals surface area contributed by atoms with Crippen LogP contribution in [0.4, 0.5) is 13.2 Å². The molecule has 6 nitrogen and oxygen atoms in total. The van der Waals surface area contributed by atoms with Crippen LogP contribution < -0.4 is 0 Å². The number of ether oxygens (including phenoxy) is 1. The molecule has 1 aromatic rings. The van der Waals surface area contributed by atoms with Crippen molar-refractivity contribution in [1.82, 2.24) is 4.98 Å². The number of carbonyl (C=O) groups is 2. The number of alkyl halides is 3. The van der Waals surface area contributed by atoms with Gasteiger partial charge in [-0.25, -0.2) is 4.98 Å². The quantitative estimate of drug-likeness (QED) is 0.203. The molecule has 0 spiro atoms. The Morgan fingerprint density at radius 3 is 2.37 bits per heavy atom. The van der Waals surface area contributed by atoms with Crippen molar-refractivity contribution in [2.24, 2.45) is 11.3 Å². The summed E-state index contributed by atoms with van der Waals surface area (Å²) < 4.78 is 46.1. The van der Waals surface area contributed by atoms with E-state index in [-0.39, 0.29) is 12.8 Å². The van der Waals surface area contributed by atoms with Gasteiger partial charge in [-0.3, -0.25) is 9.59 Å². The van der Waals surface area contributed by atoms with E-state index in [0.717, 1.165) is 11.1 Å². The van der Waals surface area contributed by atoms with E-state index in [1.54, 1.807) is 39.2 Å². The van der Waals surface area contributed by atoms with Crippen LogP contribution in [0.3, 0.4) is 0 Å². The number of thiazole rings is 1. The van der Waals surface area contributed by atoms with E-state index in [1.165, 1.54) is 37.3 Å². The Hall–Kier alpha value is -2.30. The number of rotatable bonds is 14. The van der Waals surface area contributed by atoms with E-state index in [0.29, 0.717) is 17.7 Å². The van der Waals surface area contributed by atoms with E-state index in [9.17, 15) is 33.0 Å². The van der Waals surface area contributed by atoms with Gasteiger partial charge in [-0.2, -0.15) is 13.2 Å². The third kappa shape index (κ3) is 10.1. The number of aryl methyl sites for hydroxylation is 1.